The first-order chi connectivity index (χ1) is 15.7. The number of rotatable bonds is 4. The van der Waals surface area contributed by atoms with E-state index in [1.54, 1.807) is 6.07 Å². The number of nitrogens with two attached hydrogens (primary N) is 1. The number of anilines is 1. The van der Waals surface area contributed by atoms with Crippen molar-refractivity contribution in [3.8, 4) is 5.75 Å². The zero-order valence-electron chi connectivity index (χ0n) is 17.8. The lowest BCUT2D eigenvalue weighted by molar-refractivity contribution is -0.0929. The molecule has 0 unspecified atom stereocenters. The topological polar surface area (TPSA) is 181 Å². The van der Waals surface area contributed by atoms with Gasteiger partial charge in [-0.1, -0.05) is 18.2 Å². The number of nitrogens with zero attached hydrogens (tertiary/aromatic N) is 3. The average Bonchev–Trinajstić information content (AvgIpc) is 3.20. The Morgan fingerprint density at radius 2 is 2.00 bits per heavy atom. The summed E-state index contributed by atoms with van der Waals surface area (Å²) in [5, 5.41) is 22.3. The Hall–Kier alpha value is -3.74. The lowest BCUT2D eigenvalue weighted by Crippen LogP contribution is -2.44. The molecule has 172 valence electrons. The predicted molar refractivity (Wildman–Crippen MR) is 118 cm³/mol. The third-order valence-corrected chi connectivity index (χ3v) is 5.98. The number of nitrogen functional groups attached to an aromatic ring is 1. The number of nitrogens with one attached hydrogen (secondary N) is 2. The fraction of sp³-hybridized carbons (Fsp3) is 0.333. The van der Waals surface area contributed by atoms with Gasteiger partial charge in [0.2, 0.25) is 0 Å². The summed E-state index contributed by atoms with van der Waals surface area (Å²) in [4.78, 5) is 37.5. The molecule has 33 heavy (non-hydrogen) atoms. The van der Waals surface area contributed by atoms with Crippen molar-refractivity contribution in [3.05, 3.63) is 57.0 Å². The fourth-order valence-corrected chi connectivity index (χ4v) is 4.28. The van der Waals surface area contributed by atoms with Crippen molar-refractivity contribution < 1.29 is 19.7 Å². The molecule has 5 rings (SSSR count). The Balaban J connectivity index is 1.62. The molecule has 4 heterocycles. The first-order valence-electron chi connectivity index (χ1n) is 10.2. The molecule has 0 spiro atoms. The van der Waals surface area contributed by atoms with Crippen LogP contribution in [0.25, 0.3) is 22.1 Å². The van der Waals surface area contributed by atoms with Crippen LogP contribution in [-0.4, -0.2) is 59.1 Å². The van der Waals surface area contributed by atoms with Crippen molar-refractivity contribution in [2.45, 2.75) is 37.9 Å². The molecule has 3 aromatic heterocycles. The largest absolute Gasteiger partial charge is 0.491 e. The van der Waals surface area contributed by atoms with E-state index in [2.05, 4.69) is 19.9 Å². The standard InChI is InChI=1S/C21H22N6O6/c1-9-5-3-4-6-10(9)32-7-11-14(28)21(2,31)19(33-11)27-16-12(15(22)23-8-24-16)13-17(27)25-20(30)26-18(13)29/h3-6,8,11,14,19,28,31H,7H2,1-2H3,(H2,22,23,24)(H2,25,26,29,30)/t11-,14-,19-,21-/m1/s1. The maximum absolute atomic E-state index is 12.6. The van der Waals surface area contributed by atoms with Crippen LogP contribution >= 0.6 is 0 Å². The predicted octanol–water partition coefficient (Wildman–Crippen LogP) is -0.0600. The fourth-order valence-electron chi connectivity index (χ4n) is 4.28. The smallest absolute Gasteiger partial charge is 0.327 e. The van der Waals surface area contributed by atoms with Crippen LogP contribution in [0.5, 0.6) is 5.75 Å². The minimum atomic E-state index is -1.84. The van der Waals surface area contributed by atoms with Gasteiger partial charge in [0.15, 0.2) is 6.23 Å². The maximum atomic E-state index is 12.6. The van der Waals surface area contributed by atoms with Gasteiger partial charge in [-0.25, -0.2) is 14.8 Å². The van der Waals surface area contributed by atoms with E-state index in [1.807, 2.05) is 25.1 Å². The van der Waals surface area contributed by atoms with Gasteiger partial charge in [-0.05, 0) is 25.5 Å². The number of ether oxygens (including phenoxy) is 2. The van der Waals surface area contributed by atoms with Gasteiger partial charge in [-0.2, -0.15) is 0 Å². The highest BCUT2D eigenvalue weighted by Crippen LogP contribution is 2.42. The highest BCUT2D eigenvalue weighted by Gasteiger charge is 2.54. The van der Waals surface area contributed by atoms with E-state index in [4.69, 9.17) is 15.2 Å². The van der Waals surface area contributed by atoms with Gasteiger partial charge in [0.25, 0.3) is 5.56 Å². The number of aliphatic hydroxyl groups excluding tert-OH is 1. The Morgan fingerprint density at radius 3 is 2.76 bits per heavy atom. The summed E-state index contributed by atoms with van der Waals surface area (Å²) in [6, 6.07) is 7.37. The van der Waals surface area contributed by atoms with E-state index >= 15 is 0 Å². The van der Waals surface area contributed by atoms with Gasteiger partial charge in [-0.3, -0.25) is 19.3 Å². The second kappa shape index (κ2) is 7.40. The molecule has 0 radical (unpaired) electrons. The van der Waals surface area contributed by atoms with Gasteiger partial charge in [0.1, 0.15) is 53.6 Å². The molecule has 0 bridgehead atoms. The van der Waals surface area contributed by atoms with E-state index in [1.165, 1.54) is 17.8 Å². The van der Waals surface area contributed by atoms with E-state index < -0.39 is 35.3 Å². The van der Waals surface area contributed by atoms with Crippen LogP contribution in [0.2, 0.25) is 0 Å². The molecule has 12 nitrogen and oxygen atoms in total. The number of para-hydroxylation sites is 1. The molecular formula is C21H22N6O6. The van der Waals surface area contributed by atoms with Gasteiger partial charge < -0.3 is 25.4 Å². The maximum Gasteiger partial charge on any atom is 0.327 e. The summed E-state index contributed by atoms with van der Waals surface area (Å²) in [6.45, 7) is 3.23. The first-order valence-corrected chi connectivity index (χ1v) is 10.2. The third kappa shape index (κ3) is 3.18. The molecule has 0 saturated carbocycles. The summed E-state index contributed by atoms with van der Waals surface area (Å²) in [5.41, 5.74) is 3.80. The molecule has 6 N–H and O–H groups in total. The number of hydrogen-bond acceptors (Lipinski definition) is 9. The molecule has 1 saturated heterocycles. The molecule has 0 aliphatic carbocycles. The number of aromatic amines is 2. The molecule has 1 aliphatic heterocycles. The van der Waals surface area contributed by atoms with Crippen molar-refractivity contribution in [2.24, 2.45) is 0 Å². The normalized spacial score (nSPS) is 25.2. The monoisotopic (exact) mass is 454 g/mol. The second-order valence-electron chi connectivity index (χ2n) is 8.23. The molecule has 0 amide bonds. The Bertz CT molecular complexity index is 1490. The van der Waals surface area contributed by atoms with Crippen LogP contribution in [0, 0.1) is 6.92 Å². The van der Waals surface area contributed by atoms with Gasteiger partial charge >= 0.3 is 5.69 Å². The molecule has 12 heteroatoms. The third-order valence-electron chi connectivity index (χ3n) is 5.98. The quantitative estimate of drug-likeness (QED) is 0.282. The van der Waals surface area contributed by atoms with Crippen LogP contribution in [-0.2, 0) is 4.74 Å². The number of H-pyrrole nitrogens is 2. The van der Waals surface area contributed by atoms with Gasteiger partial charge in [-0.15, -0.1) is 0 Å². The van der Waals surface area contributed by atoms with Crippen LogP contribution < -0.4 is 21.7 Å². The molecule has 1 aromatic carbocycles. The Labute approximate surface area is 185 Å². The first kappa shape index (κ1) is 21.1. The zero-order chi connectivity index (χ0) is 23.5. The molecule has 1 fully saturated rings. The number of fused-ring (bicyclic) bond motifs is 3. The minimum Gasteiger partial charge on any atom is -0.491 e. The number of aliphatic hydroxyl groups is 2. The van der Waals surface area contributed by atoms with Gasteiger partial charge in [0, 0.05) is 0 Å². The number of aromatic nitrogens is 5. The number of aryl methyl sites for hydroxylation is 1. The summed E-state index contributed by atoms with van der Waals surface area (Å²) in [7, 11) is 0. The second-order valence-corrected chi connectivity index (χ2v) is 8.23. The summed E-state index contributed by atoms with van der Waals surface area (Å²) >= 11 is 0. The van der Waals surface area contributed by atoms with Crippen molar-refractivity contribution in [1.82, 2.24) is 24.5 Å². The Morgan fingerprint density at radius 1 is 1.24 bits per heavy atom. The van der Waals surface area contributed by atoms with Crippen molar-refractivity contribution in [2.75, 3.05) is 12.3 Å². The van der Waals surface area contributed by atoms with E-state index in [0.29, 0.717) is 5.75 Å². The summed E-state index contributed by atoms with van der Waals surface area (Å²) in [6.07, 6.45) is -2.32. The lowest BCUT2D eigenvalue weighted by atomic mass is 9.96. The van der Waals surface area contributed by atoms with E-state index in [0.717, 1.165) is 5.56 Å². The highest BCUT2D eigenvalue weighted by atomic mass is 16.6. The zero-order valence-corrected chi connectivity index (χ0v) is 17.8. The average molecular weight is 454 g/mol. The van der Waals surface area contributed by atoms with Crippen LogP contribution in [0.1, 0.15) is 18.7 Å². The Kier molecular flexibility index (Phi) is 4.74. The van der Waals surface area contributed by atoms with E-state index in [-0.39, 0.29) is 34.5 Å². The summed E-state index contributed by atoms with van der Waals surface area (Å²) < 4.78 is 13.2. The van der Waals surface area contributed by atoms with Gasteiger partial charge in [0.05, 0.1) is 10.8 Å². The van der Waals surface area contributed by atoms with Crippen molar-refractivity contribution >= 4 is 27.9 Å². The SMILES string of the molecule is Cc1ccccc1OC[C@H]1O[C@@H](n2c3ncnc(N)c3c3c(=O)[nH]c(=O)[nH]c32)[C@](C)(O)[C@@H]1O. The van der Waals surface area contributed by atoms with Crippen LogP contribution in [0.15, 0.2) is 40.2 Å². The van der Waals surface area contributed by atoms with Crippen molar-refractivity contribution in [3.63, 3.8) is 0 Å². The molecule has 1 aliphatic rings. The summed E-state index contributed by atoms with van der Waals surface area (Å²) in [5.74, 6) is 0.628. The lowest BCUT2D eigenvalue weighted by Gasteiger charge is -2.28. The van der Waals surface area contributed by atoms with E-state index in [9.17, 15) is 19.8 Å². The number of benzene rings is 1. The van der Waals surface area contributed by atoms with Crippen molar-refractivity contribution in [1.29, 1.82) is 0 Å². The molecule has 4 aromatic rings. The molecular weight excluding hydrogens is 432 g/mol. The highest BCUT2D eigenvalue weighted by molar-refractivity contribution is 6.09. The number of hydrogen-bond donors (Lipinski definition) is 5. The molecule has 4 atom stereocenters. The van der Waals surface area contributed by atoms with Crippen LogP contribution in [0.4, 0.5) is 5.82 Å². The van der Waals surface area contributed by atoms with Crippen LogP contribution in [0.3, 0.4) is 0 Å². The minimum absolute atomic E-state index is 0.0129.